The fraction of sp³-hybridized carbons (Fsp3) is 0.538. The minimum Gasteiger partial charge on any atom is -0.330 e. The molecule has 0 amide bonds. The second-order valence-corrected chi connectivity index (χ2v) is 4.73. The van der Waals surface area contributed by atoms with E-state index in [-0.39, 0.29) is 0 Å². The molecule has 15 heavy (non-hydrogen) atoms. The Morgan fingerprint density at radius 2 is 2.07 bits per heavy atom. The number of hydrogen-bond donors (Lipinski definition) is 2. The van der Waals surface area contributed by atoms with Gasteiger partial charge in [0.1, 0.15) is 0 Å². The van der Waals surface area contributed by atoms with E-state index in [1.165, 1.54) is 24.0 Å². The van der Waals surface area contributed by atoms with Gasteiger partial charge in [0, 0.05) is 13.1 Å². The third kappa shape index (κ3) is 2.58. The molecule has 1 aliphatic carbocycles. The Bertz CT molecular complexity index is 329. The molecule has 1 aromatic rings. The first-order valence-electron chi connectivity index (χ1n) is 5.71. The van der Waals surface area contributed by atoms with Crippen molar-refractivity contribution in [1.29, 1.82) is 0 Å². The Morgan fingerprint density at radius 3 is 2.67 bits per heavy atom. The highest BCUT2D eigenvalue weighted by atomic mass is 14.9. The maximum atomic E-state index is 5.74. The van der Waals surface area contributed by atoms with Gasteiger partial charge in [-0.15, -0.1) is 0 Å². The van der Waals surface area contributed by atoms with Crippen LogP contribution in [0.2, 0.25) is 0 Å². The highest BCUT2D eigenvalue weighted by molar-refractivity contribution is 5.25. The third-order valence-electron chi connectivity index (χ3n) is 3.47. The Morgan fingerprint density at radius 1 is 1.33 bits per heavy atom. The van der Waals surface area contributed by atoms with Crippen molar-refractivity contribution in [1.82, 2.24) is 5.32 Å². The van der Waals surface area contributed by atoms with Gasteiger partial charge in [-0.1, -0.05) is 24.3 Å². The van der Waals surface area contributed by atoms with Crippen LogP contribution in [0.15, 0.2) is 24.3 Å². The van der Waals surface area contributed by atoms with Gasteiger partial charge in [0.05, 0.1) is 0 Å². The van der Waals surface area contributed by atoms with Gasteiger partial charge in [-0.25, -0.2) is 0 Å². The maximum Gasteiger partial charge on any atom is 0.0208 e. The van der Waals surface area contributed by atoms with Crippen molar-refractivity contribution < 1.29 is 0 Å². The van der Waals surface area contributed by atoms with Crippen molar-refractivity contribution in [3.05, 3.63) is 35.4 Å². The Labute approximate surface area is 91.9 Å². The van der Waals surface area contributed by atoms with Crippen LogP contribution < -0.4 is 11.1 Å². The molecule has 0 aromatic heterocycles. The SMILES string of the molecule is Cc1ccccc1CNCC1(CN)CC1. The van der Waals surface area contributed by atoms with Gasteiger partial charge in [-0.2, -0.15) is 0 Å². The van der Waals surface area contributed by atoms with Crippen LogP contribution in [0.3, 0.4) is 0 Å². The van der Waals surface area contributed by atoms with Crippen LogP contribution in [0, 0.1) is 12.3 Å². The van der Waals surface area contributed by atoms with Gasteiger partial charge in [-0.3, -0.25) is 0 Å². The molecule has 0 unspecified atom stereocenters. The number of benzene rings is 1. The smallest absolute Gasteiger partial charge is 0.0208 e. The average Bonchev–Trinajstić information content (AvgIpc) is 3.02. The molecule has 82 valence electrons. The molecule has 0 radical (unpaired) electrons. The molecule has 0 spiro atoms. The van der Waals surface area contributed by atoms with Gasteiger partial charge in [0.2, 0.25) is 0 Å². The molecule has 1 saturated carbocycles. The van der Waals surface area contributed by atoms with E-state index in [9.17, 15) is 0 Å². The van der Waals surface area contributed by atoms with Gasteiger partial charge < -0.3 is 11.1 Å². The zero-order valence-corrected chi connectivity index (χ0v) is 9.42. The van der Waals surface area contributed by atoms with E-state index in [0.717, 1.165) is 19.6 Å². The monoisotopic (exact) mass is 204 g/mol. The van der Waals surface area contributed by atoms with E-state index >= 15 is 0 Å². The zero-order valence-electron chi connectivity index (χ0n) is 9.42. The number of aryl methyl sites for hydroxylation is 1. The molecule has 2 rings (SSSR count). The lowest BCUT2D eigenvalue weighted by molar-refractivity contribution is 0.467. The molecule has 2 nitrogen and oxygen atoms in total. The van der Waals surface area contributed by atoms with Crippen molar-refractivity contribution >= 4 is 0 Å². The topological polar surface area (TPSA) is 38.0 Å². The Kier molecular flexibility index (Phi) is 3.08. The summed E-state index contributed by atoms with van der Waals surface area (Å²) in [6.45, 7) is 5.02. The second kappa shape index (κ2) is 4.33. The molecular formula is C13H20N2. The Balaban J connectivity index is 1.81. The molecule has 0 bridgehead atoms. The summed E-state index contributed by atoms with van der Waals surface area (Å²) in [6, 6.07) is 8.53. The molecule has 0 saturated heterocycles. The van der Waals surface area contributed by atoms with E-state index in [2.05, 4.69) is 36.5 Å². The summed E-state index contributed by atoms with van der Waals surface area (Å²) in [6.07, 6.45) is 2.59. The highest BCUT2D eigenvalue weighted by Crippen LogP contribution is 2.43. The van der Waals surface area contributed by atoms with Crippen LogP contribution >= 0.6 is 0 Å². The van der Waals surface area contributed by atoms with Crippen LogP contribution in [0.4, 0.5) is 0 Å². The van der Waals surface area contributed by atoms with Crippen molar-refractivity contribution in [2.45, 2.75) is 26.3 Å². The summed E-state index contributed by atoms with van der Waals surface area (Å²) in [5.74, 6) is 0. The Hall–Kier alpha value is -0.860. The van der Waals surface area contributed by atoms with E-state index in [1.54, 1.807) is 0 Å². The molecule has 1 fully saturated rings. The molecule has 1 aromatic carbocycles. The summed E-state index contributed by atoms with van der Waals surface area (Å²) in [5.41, 5.74) is 8.93. The summed E-state index contributed by atoms with van der Waals surface area (Å²) in [7, 11) is 0. The fourth-order valence-electron chi connectivity index (χ4n) is 1.90. The summed E-state index contributed by atoms with van der Waals surface area (Å²) >= 11 is 0. The normalized spacial score (nSPS) is 17.7. The molecule has 0 aliphatic heterocycles. The van der Waals surface area contributed by atoms with Crippen LogP contribution in [0.5, 0.6) is 0 Å². The van der Waals surface area contributed by atoms with Gasteiger partial charge >= 0.3 is 0 Å². The van der Waals surface area contributed by atoms with Crippen LogP contribution in [0.1, 0.15) is 24.0 Å². The summed E-state index contributed by atoms with van der Waals surface area (Å²) < 4.78 is 0. The van der Waals surface area contributed by atoms with E-state index in [1.807, 2.05) is 0 Å². The quantitative estimate of drug-likeness (QED) is 0.768. The van der Waals surface area contributed by atoms with Crippen molar-refractivity contribution in [3.8, 4) is 0 Å². The van der Waals surface area contributed by atoms with Gasteiger partial charge in [0.25, 0.3) is 0 Å². The largest absolute Gasteiger partial charge is 0.330 e. The first-order chi connectivity index (χ1) is 7.26. The number of nitrogens with two attached hydrogens (primary N) is 1. The predicted octanol–water partition coefficient (Wildman–Crippen LogP) is 1.82. The van der Waals surface area contributed by atoms with Crippen LogP contribution in [-0.2, 0) is 6.54 Å². The molecular weight excluding hydrogens is 184 g/mol. The van der Waals surface area contributed by atoms with Gasteiger partial charge in [0.15, 0.2) is 0 Å². The fourth-order valence-corrected chi connectivity index (χ4v) is 1.90. The lowest BCUT2D eigenvalue weighted by atomic mass is 10.1. The standard InChI is InChI=1S/C13H20N2/c1-11-4-2-3-5-12(11)8-15-10-13(9-14)6-7-13/h2-5,15H,6-10,14H2,1H3. The molecule has 0 atom stereocenters. The zero-order chi connectivity index (χ0) is 10.7. The maximum absolute atomic E-state index is 5.74. The number of rotatable bonds is 5. The summed E-state index contributed by atoms with van der Waals surface area (Å²) in [5, 5.41) is 3.52. The number of hydrogen-bond acceptors (Lipinski definition) is 2. The molecule has 1 aliphatic rings. The average molecular weight is 204 g/mol. The van der Waals surface area contributed by atoms with Crippen LogP contribution in [-0.4, -0.2) is 13.1 Å². The second-order valence-electron chi connectivity index (χ2n) is 4.73. The van der Waals surface area contributed by atoms with E-state index < -0.39 is 0 Å². The summed E-state index contributed by atoms with van der Waals surface area (Å²) in [4.78, 5) is 0. The van der Waals surface area contributed by atoms with Crippen molar-refractivity contribution in [2.24, 2.45) is 11.1 Å². The third-order valence-corrected chi connectivity index (χ3v) is 3.47. The van der Waals surface area contributed by atoms with Crippen LogP contribution in [0.25, 0.3) is 0 Å². The van der Waals surface area contributed by atoms with Crippen molar-refractivity contribution in [3.63, 3.8) is 0 Å². The van der Waals surface area contributed by atoms with Crippen molar-refractivity contribution in [2.75, 3.05) is 13.1 Å². The van der Waals surface area contributed by atoms with E-state index in [4.69, 9.17) is 5.73 Å². The first kappa shape index (κ1) is 10.7. The lowest BCUT2D eigenvalue weighted by Crippen LogP contribution is -2.29. The minimum absolute atomic E-state index is 0.433. The van der Waals surface area contributed by atoms with E-state index in [0.29, 0.717) is 5.41 Å². The van der Waals surface area contributed by atoms with Gasteiger partial charge in [-0.05, 0) is 42.9 Å². The number of nitrogens with one attached hydrogen (secondary N) is 1. The molecule has 3 N–H and O–H groups in total. The minimum atomic E-state index is 0.433. The molecule has 0 heterocycles. The first-order valence-corrected chi connectivity index (χ1v) is 5.71. The highest BCUT2D eigenvalue weighted by Gasteiger charge is 2.40. The predicted molar refractivity (Wildman–Crippen MR) is 63.6 cm³/mol. The molecule has 2 heteroatoms. The lowest BCUT2D eigenvalue weighted by Gasteiger charge is -2.14.